The van der Waals surface area contributed by atoms with Crippen molar-refractivity contribution in [3.05, 3.63) is 53.6 Å². The van der Waals surface area contributed by atoms with Crippen LogP contribution < -0.4 is 10.6 Å². The van der Waals surface area contributed by atoms with E-state index in [1.165, 1.54) is 6.42 Å². The highest BCUT2D eigenvalue weighted by Gasteiger charge is 2.34. The maximum absolute atomic E-state index is 13.8. The van der Waals surface area contributed by atoms with E-state index in [4.69, 9.17) is 18.0 Å². The Kier molecular flexibility index (Phi) is 15.7. The van der Waals surface area contributed by atoms with Crippen LogP contribution in [0.2, 0.25) is 5.15 Å². The van der Waals surface area contributed by atoms with E-state index in [1.807, 2.05) is 44.2 Å². The Balaban J connectivity index is 1.73. The Morgan fingerprint density at radius 1 is 1.11 bits per heavy atom. The second-order valence-corrected chi connectivity index (χ2v) is 13.7. The highest BCUT2D eigenvalue weighted by atomic mass is 35.5. The first-order valence-corrected chi connectivity index (χ1v) is 17.2. The van der Waals surface area contributed by atoms with Crippen LogP contribution in [0.3, 0.4) is 0 Å². The van der Waals surface area contributed by atoms with Crippen LogP contribution in [-0.2, 0) is 27.3 Å². The van der Waals surface area contributed by atoms with Crippen molar-refractivity contribution in [2.24, 2.45) is 17.8 Å². The molecule has 0 radical (unpaired) electrons. The zero-order valence-corrected chi connectivity index (χ0v) is 28.7. The molecule has 2 aromatic rings. The van der Waals surface area contributed by atoms with Gasteiger partial charge in [-0.15, -0.1) is 12.3 Å². The van der Waals surface area contributed by atoms with Crippen LogP contribution in [0.1, 0.15) is 77.2 Å². The second kappa shape index (κ2) is 19.4. The molecule has 1 heterocycles. The van der Waals surface area contributed by atoms with E-state index in [2.05, 4.69) is 21.5 Å². The molecule has 0 spiro atoms. The largest absolute Gasteiger partial charge is 0.390 e. The topological polar surface area (TPSA) is 137 Å². The number of amides is 3. The summed E-state index contributed by atoms with van der Waals surface area (Å²) >= 11 is 5.90. The zero-order chi connectivity index (χ0) is 34.3. The molecule has 47 heavy (non-hydrogen) atoms. The van der Waals surface area contributed by atoms with Gasteiger partial charge in [0, 0.05) is 39.2 Å². The first kappa shape index (κ1) is 38.1. The SMILES string of the molecule is C#CCC(NC(=O)[C@@H](CC(=O)N(C)CCn1cnc(Cl)c1)Cc1ccccc1)C(=O)N[C@@H](CC1CCCCC1)[C@@H](O)[C@@H](O)CC(C)C. The molecule has 1 aromatic carbocycles. The zero-order valence-electron chi connectivity index (χ0n) is 28.0. The van der Waals surface area contributed by atoms with E-state index in [9.17, 15) is 24.6 Å². The monoisotopic (exact) mass is 669 g/mol. The number of aliphatic hydroxyl groups excluding tert-OH is 2. The van der Waals surface area contributed by atoms with Crippen LogP contribution in [0.5, 0.6) is 0 Å². The van der Waals surface area contributed by atoms with Gasteiger partial charge in [0.05, 0.1) is 24.4 Å². The summed E-state index contributed by atoms with van der Waals surface area (Å²) in [5.74, 6) is 1.000. The van der Waals surface area contributed by atoms with Crippen molar-refractivity contribution >= 4 is 29.3 Å². The van der Waals surface area contributed by atoms with Crippen LogP contribution in [0, 0.1) is 30.1 Å². The Hall–Kier alpha value is -3.39. The molecule has 1 unspecified atom stereocenters. The molecule has 5 atom stereocenters. The molecule has 0 bridgehead atoms. The van der Waals surface area contributed by atoms with E-state index in [0.29, 0.717) is 37.0 Å². The number of carbonyl (C=O) groups is 3. The lowest BCUT2D eigenvalue weighted by Gasteiger charge is -2.33. The summed E-state index contributed by atoms with van der Waals surface area (Å²) in [5, 5.41) is 28.1. The van der Waals surface area contributed by atoms with Crippen molar-refractivity contribution in [3.63, 3.8) is 0 Å². The smallest absolute Gasteiger partial charge is 0.243 e. The third-order valence-electron chi connectivity index (χ3n) is 8.95. The summed E-state index contributed by atoms with van der Waals surface area (Å²) < 4.78 is 1.78. The third kappa shape index (κ3) is 13.0. The van der Waals surface area contributed by atoms with Gasteiger partial charge in [-0.2, -0.15) is 0 Å². The number of aromatic nitrogens is 2. The number of benzene rings is 1. The molecule has 258 valence electrons. The van der Waals surface area contributed by atoms with Crippen molar-refractivity contribution < 1.29 is 24.6 Å². The second-order valence-electron chi connectivity index (χ2n) is 13.4. The summed E-state index contributed by atoms with van der Waals surface area (Å²) in [6, 6.07) is 7.63. The number of terminal acetylenes is 1. The molecule has 3 amide bonds. The quantitative estimate of drug-likeness (QED) is 0.177. The molecular formula is C36H52ClN5O5. The fourth-order valence-corrected chi connectivity index (χ4v) is 6.39. The number of hydrogen-bond acceptors (Lipinski definition) is 6. The molecule has 1 aromatic heterocycles. The van der Waals surface area contributed by atoms with E-state index in [-0.39, 0.29) is 31.1 Å². The Bertz CT molecular complexity index is 1310. The fourth-order valence-electron chi connectivity index (χ4n) is 6.22. The van der Waals surface area contributed by atoms with Gasteiger partial charge >= 0.3 is 0 Å². The number of nitrogens with zero attached hydrogens (tertiary/aromatic N) is 3. The predicted molar refractivity (Wildman–Crippen MR) is 183 cm³/mol. The third-order valence-corrected chi connectivity index (χ3v) is 9.15. The van der Waals surface area contributed by atoms with Gasteiger partial charge in [-0.25, -0.2) is 4.98 Å². The Morgan fingerprint density at radius 2 is 1.81 bits per heavy atom. The molecule has 0 aliphatic heterocycles. The highest BCUT2D eigenvalue weighted by Crippen LogP contribution is 2.29. The maximum Gasteiger partial charge on any atom is 0.243 e. The van der Waals surface area contributed by atoms with Crippen molar-refractivity contribution in [1.29, 1.82) is 0 Å². The molecule has 4 N–H and O–H groups in total. The first-order valence-electron chi connectivity index (χ1n) is 16.8. The molecular weight excluding hydrogens is 618 g/mol. The number of nitrogens with one attached hydrogen (secondary N) is 2. The van der Waals surface area contributed by atoms with E-state index >= 15 is 0 Å². The molecule has 10 nitrogen and oxygen atoms in total. The van der Waals surface area contributed by atoms with Gasteiger partial charge in [0.2, 0.25) is 17.7 Å². The van der Waals surface area contributed by atoms with Gasteiger partial charge < -0.3 is 30.3 Å². The molecule has 1 saturated carbocycles. The number of likely N-dealkylation sites (N-methyl/N-ethyl adjacent to an activating group) is 1. The van der Waals surface area contributed by atoms with Gasteiger partial charge in [0.15, 0.2) is 0 Å². The first-order chi connectivity index (χ1) is 22.5. The average molecular weight is 670 g/mol. The summed E-state index contributed by atoms with van der Waals surface area (Å²) in [5.41, 5.74) is 0.879. The van der Waals surface area contributed by atoms with Gasteiger partial charge in [0.1, 0.15) is 17.3 Å². The van der Waals surface area contributed by atoms with Crippen LogP contribution in [0.25, 0.3) is 0 Å². The summed E-state index contributed by atoms with van der Waals surface area (Å²) in [7, 11) is 1.68. The molecule has 0 saturated heterocycles. The maximum atomic E-state index is 13.8. The van der Waals surface area contributed by atoms with Crippen molar-refractivity contribution in [3.8, 4) is 12.3 Å². The molecule has 1 aliphatic carbocycles. The van der Waals surface area contributed by atoms with Crippen LogP contribution >= 0.6 is 11.6 Å². The molecule has 1 fully saturated rings. The Morgan fingerprint density at radius 3 is 2.43 bits per heavy atom. The number of hydrogen-bond donors (Lipinski definition) is 4. The minimum Gasteiger partial charge on any atom is -0.390 e. The number of aliphatic hydroxyl groups is 2. The van der Waals surface area contributed by atoms with E-state index in [0.717, 1.165) is 31.2 Å². The molecule has 11 heteroatoms. The molecule has 3 rings (SSSR count). The summed E-state index contributed by atoms with van der Waals surface area (Å²) in [6.45, 7) is 4.81. The van der Waals surface area contributed by atoms with Gasteiger partial charge in [-0.3, -0.25) is 14.4 Å². The van der Waals surface area contributed by atoms with Crippen LogP contribution in [0.15, 0.2) is 42.9 Å². The van der Waals surface area contributed by atoms with Crippen molar-refractivity contribution in [2.45, 2.75) is 109 Å². The number of carbonyl (C=O) groups excluding carboxylic acids is 3. The minimum absolute atomic E-state index is 0.0717. The lowest BCUT2D eigenvalue weighted by molar-refractivity contribution is -0.137. The minimum atomic E-state index is -1.16. The van der Waals surface area contributed by atoms with Gasteiger partial charge in [0.25, 0.3) is 0 Å². The van der Waals surface area contributed by atoms with E-state index < -0.39 is 42.0 Å². The predicted octanol–water partition coefficient (Wildman–Crippen LogP) is 3.98. The standard InChI is InChI=1S/C36H52ClN5O5/c1-5-12-29(36(47)40-30(21-27-15-10-7-11-16-27)34(45)31(43)19-25(2)3)39-35(46)28(20-26-13-8-6-9-14-26)22-33(44)41(4)17-18-42-23-32(37)38-24-42/h1,6,8-9,13-14,23-25,27-31,34,43,45H,7,10-12,15-22H2,2-4H3,(H,39,46)(H,40,47)/t28-,29?,30+,31+,34-/m1/s1. The number of imidazole rings is 1. The van der Waals surface area contributed by atoms with Gasteiger partial charge in [-0.1, -0.05) is 87.9 Å². The molecule has 1 aliphatic rings. The van der Waals surface area contributed by atoms with Crippen molar-refractivity contribution in [2.75, 3.05) is 13.6 Å². The van der Waals surface area contributed by atoms with Gasteiger partial charge in [-0.05, 0) is 36.7 Å². The fraction of sp³-hybridized carbons (Fsp3) is 0.611. The highest BCUT2D eigenvalue weighted by molar-refractivity contribution is 6.29. The van der Waals surface area contributed by atoms with Crippen LogP contribution in [0.4, 0.5) is 0 Å². The lowest BCUT2D eigenvalue weighted by atomic mass is 9.82. The van der Waals surface area contributed by atoms with Crippen LogP contribution in [-0.4, -0.2) is 80.3 Å². The number of halogens is 1. The van der Waals surface area contributed by atoms with E-state index in [1.54, 1.807) is 29.0 Å². The normalized spacial score (nSPS) is 16.8. The Labute approximate surface area is 284 Å². The lowest BCUT2D eigenvalue weighted by Crippen LogP contribution is -2.56. The number of rotatable bonds is 18. The average Bonchev–Trinajstić information content (AvgIpc) is 3.47. The summed E-state index contributed by atoms with van der Waals surface area (Å²) in [6.07, 6.45) is 13.2. The van der Waals surface area contributed by atoms with Crippen molar-refractivity contribution in [1.82, 2.24) is 25.1 Å². The summed E-state index contributed by atoms with van der Waals surface area (Å²) in [4.78, 5) is 46.3.